The lowest BCUT2D eigenvalue weighted by Crippen LogP contribution is -2.35. The van der Waals surface area contributed by atoms with Crippen molar-refractivity contribution < 1.29 is 9.53 Å². The van der Waals surface area contributed by atoms with Crippen molar-refractivity contribution >= 4 is 5.91 Å². The summed E-state index contributed by atoms with van der Waals surface area (Å²) in [6, 6.07) is 4.21. The average Bonchev–Trinajstić information content (AvgIpc) is 2.51. The van der Waals surface area contributed by atoms with Gasteiger partial charge in [0.05, 0.1) is 6.61 Å². The molecule has 1 aliphatic rings. The van der Waals surface area contributed by atoms with Crippen LogP contribution in [0, 0.1) is 6.92 Å². The lowest BCUT2D eigenvalue weighted by atomic mass is 9.91. The molecular weight excluding hydrogens is 278 g/mol. The zero-order valence-corrected chi connectivity index (χ0v) is 13.7. The number of nitrogens with two attached hydrogens (primary N) is 1. The minimum absolute atomic E-state index is 0.248. The maximum absolute atomic E-state index is 11.0. The van der Waals surface area contributed by atoms with Crippen LogP contribution in [-0.2, 0) is 16.0 Å². The number of carbonyl (C=O) groups excluding carboxylic acids is 1. The first-order valence-electron chi connectivity index (χ1n) is 8.05. The topological polar surface area (TPSA) is 68.5 Å². The summed E-state index contributed by atoms with van der Waals surface area (Å²) in [5.41, 5.74) is 8.61. The maximum atomic E-state index is 11.0. The molecule has 1 aromatic rings. The molecular formula is C17H27N3O2. The molecule has 0 saturated carbocycles. The highest BCUT2D eigenvalue weighted by atomic mass is 16.5. The molecule has 122 valence electrons. The minimum Gasteiger partial charge on any atom is -0.383 e. The van der Waals surface area contributed by atoms with Crippen molar-refractivity contribution in [1.82, 2.24) is 9.88 Å². The number of aryl methyl sites for hydroxylation is 2. The molecule has 2 rings (SSSR count). The first-order chi connectivity index (χ1) is 10.6. The van der Waals surface area contributed by atoms with E-state index in [1.165, 1.54) is 11.3 Å². The molecule has 0 bridgehead atoms. The lowest BCUT2D eigenvalue weighted by molar-refractivity contribution is -0.117. The van der Waals surface area contributed by atoms with E-state index in [2.05, 4.69) is 17.0 Å². The SMILES string of the molecule is COCCN1CCC(c2cc(CCC(N)=O)cc(C)n2)CC1. The van der Waals surface area contributed by atoms with Gasteiger partial charge in [0.25, 0.3) is 0 Å². The lowest BCUT2D eigenvalue weighted by Gasteiger charge is -2.31. The summed E-state index contributed by atoms with van der Waals surface area (Å²) in [5.74, 6) is 0.272. The van der Waals surface area contributed by atoms with Crippen molar-refractivity contribution in [2.24, 2.45) is 5.73 Å². The number of aromatic nitrogens is 1. The summed E-state index contributed by atoms with van der Waals surface area (Å²) < 4.78 is 5.14. The maximum Gasteiger partial charge on any atom is 0.217 e. The van der Waals surface area contributed by atoms with Crippen LogP contribution in [0.1, 0.15) is 42.1 Å². The quantitative estimate of drug-likeness (QED) is 0.831. The standard InChI is InChI=1S/C17H27N3O2/c1-13-11-14(3-4-17(18)21)12-16(19-13)15-5-7-20(8-6-15)9-10-22-2/h11-12,15H,3-10H2,1-2H3,(H2,18,21). The Hall–Kier alpha value is -1.46. The highest BCUT2D eigenvalue weighted by molar-refractivity contribution is 5.74. The highest BCUT2D eigenvalue weighted by Gasteiger charge is 2.21. The third-order valence-corrected chi connectivity index (χ3v) is 4.31. The molecule has 5 heteroatoms. The molecule has 0 atom stereocenters. The van der Waals surface area contributed by atoms with Gasteiger partial charge in [-0.15, -0.1) is 0 Å². The number of piperidine rings is 1. The van der Waals surface area contributed by atoms with Gasteiger partial charge in [0, 0.05) is 37.4 Å². The second-order valence-corrected chi connectivity index (χ2v) is 6.12. The van der Waals surface area contributed by atoms with E-state index in [9.17, 15) is 4.79 Å². The number of likely N-dealkylation sites (tertiary alicyclic amines) is 1. The number of carbonyl (C=O) groups is 1. The Bertz CT molecular complexity index is 497. The number of methoxy groups -OCH3 is 1. The first-order valence-corrected chi connectivity index (χ1v) is 8.05. The summed E-state index contributed by atoms with van der Waals surface area (Å²) >= 11 is 0. The van der Waals surface area contributed by atoms with Crippen molar-refractivity contribution in [2.45, 2.75) is 38.5 Å². The fraction of sp³-hybridized carbons (Fsp3) is 0.647. The number of amides is 1. The number of primary amides is 1. The normalized spacial score (nSPS) is 16.8. The Morgan fingerprint density at radius 1 is 1.41 bits per heavy atom. The van der Waals surface area contributed by atoms with Crippen LogP contribution in [0.25, 0.3) is 0 Å². The molecule has 0 aliphatic carbocycles. The van der Waals surface area contributed by atoms with Crippen molar-refractivity contribution in [3.8, 4) is 0 Å². The minimum atomic E-state index is -0.248. The molecule has 0 aromatic carbocycles. The smallest absolute Gasteiger partial charge is 0.217 e. The van der Waals surface area contributed by atoms with E-state index >= 15 is 0 Å². The van der Waals surface area contributed by atoms with Crippen LogP contribution in [0.15, 0.2) is 12.1 Å². The highest BCUT2D eigenvalue weighted by Crippen LogP contribution is 2.27. The van der Waals surface area contributed by atoms with Gasteiger partial charge in [-0.1, -0.05) is 0 Å². The van der Waals surface area contributed by atoms with Crippen molar-refractivity contribution in [1.29, 1.82) is 0 Å². The van der Waals surface area contributed by atoms with Crippen molar-refractivity contribution in [3.05, 3.63) is 29.1 Å². The fourth-order valence-corrected chi connectivity index (χ4v) is 3.06. The van der Waals surface area contributed by atoms with Gasteiger partial charge in [0.2, 0.25) is 5.91 Å². The molecule has 5 nitrogen and oxygen atoms in total. The summed E-state index contributed by atoms with van der Waals surface area (Å²) in [4.78, 5) is 18.1. The van der Waals surface area contributed by atoms with Crippen LogP contribution >= 0.6 is 0 Å². The Kier molecular flexibility index (Phi) is 6.34. The monoisotopic (exact) mass is 305 g/mol. The zero-order chi connectivity index (χ0) is 15.9. The molecule has 1 saturated heterocycles. The van der Waals surface area contributed by atoms with Crippen molar-refractivity contribution in [3.63, 3.8) is 0 Å². The van der Waals surface area contributed by atoms with Crippen LogP contribution in [-0.4, -0.2) is 49.1 Å². The largest absolute Gasteiger partial charge is 0.383 e. The van der Waals surface area contributed by atoms with E-state index in [-0.39, 0.29) is 5.91 Å². The predicted molar refractivity (Wildman–Crippen MR) is 86.8 cm³/mol. The second kappa shape index (κ2) is 8.25. The van der Waals surface area contributed by atoms with Gasteiger partial charge in [-0.3, -0.25) is 9.78 Å². The number of rotatable bonds is 7. The number of ether oxygens (including phenoxy) is 1. The molecule has 1 fully saturated rings. The molecule has 0 radical (unpaired) electrons. The zero-order valence-electron chi connectivity index (χ0n) is 13.7. The number of pyridine rings is 1. The van der Waals surface area contributed by atoms with Gasteiger partial charge in [0.15, 0.2) is 0 Å². The van der Waals surface area contributed by atoms with E-state index in [4.69, 9.17) is 15.5 Å². The van der Waals surface area contributed by atoms with Crippen LogP contribution in [0.3, 0.4) is 0 Å². The third-order valence-electron chi connectivity index (χ3n) is 4.31. The van der Waals surface area contributed by atoms with Gasteiger partial charge in [-0.25, -0.2) is 0 Å². The predicted octanol–water partition coefficient (Wildman–Crippen LogP) is 1.63. The Morgan fingerprint density at radius 2 is 2.14 bits per heavy atom. The molecule has 22 heavy (non-hydrogen) atoms. The van der Waals surface area contributed by atoms with Crippen molar-refractivity contribution in [2.75, 3.05) is 33.4 Å². The average molecular weight is 305 g/mol. The Labute approximate surface area is 132 Å². The molecule has 1 aromatic heterocycles. The molecule has 2 N–H and O–H groups in total. The molecule has 1 amide bonds. The first kappa shape index (κ1) is 16.9. The third kappa shape index (κ3) is 5.07. The second-order valence-electron chi connectivity index (χ2n) is 6.12. The van der Waals surface area contributed by atoms with E-state index < -0.39 is 0 Å². The van der Waals surface area contributed by atoms with Gasteiger partial charge >= 0.3 is 0 Å². The number of nitrogens with zero attached hydrogens (tertiary/aromatic N) is 2. The van der Waals surface area contributed by atoms with Crippen LogP contribution in [0.4, 0.5) is 0 Å². The van der Waals surface area contributed by atoms with Gasteiger partial charge in [-0.2, -0.15) is 0 Å². The summed E-state index contributed by atoms with van der Waals surface area (Å²) in [5, 5.41) is 0. The van der Waals surface area contributed by atoms with E-state index in [1.807, 2.05) is 6.92 Å². The fourth-order valence-electron chi connectivity index (χ4n) is 3.06. The van der Waals surface area contributed by atoms with Gasteiger partial charge < -0.3 is 15.4 Å². The van der Waals surface area contributed by atoms with E-state index in [0.29, 0.717) is 18.8 Å². The number of hydrogen-bond acceptors (Lipinski definition) is 4. The molecule has 2 heterocycles. The van der Waals surface area contributed by atoms with Gasteiger partial charge in [0.1, 0.15) is 0 Å². The van der Waals surface area contributed by atoms with Crippen LogP contribution in [0.2, 0.25) is 0 Å². The van der Waals surface area contributed by atoms with Crippen LogP contribution in [0.5, 0.6) is 0 Å². The molecule has 0 spiro atoms. The summed E-state index contributed by atoms with van der Waals surface area (Å²) in [6.07, 6.45) is 3.38. The van der Waals surface area contributed by atoms with E-state index in [0.717, 1.165) is 44.8 Å². The molecule has 0 unspecified atom stereocenters. The Balaban J connectivity index is 1.96. The molecule has 1 aliphatic heterocycles. The number of hydrogen-bond donors (Lipinski definition) is 1. The Morgan fingerprint density at radius 3 is 2.77 bits per heavy atom. The van der Waals surface area contributed by atoms with E-state index in [1.54, 1.807) is 7.11 Å². The summed E-state index contributed by atoms with van der Waals surface area (Å²) in [6.45, 7) is 6.02. The summed E-state index contributed by atoms with van der Waals surface area (Å²) in [7, 11) is 1.75. The van der Waals surface area contributed by atoms with Gasteiger partial charge in [-0.05, 0) is 57.0 Å². The van der Waals surface area contributed by atoms with Crippen LogP contribution < -0.4 is 5.73 Å².